The van der Waals surface area contributed by atoms with Crippen molar-refractivity contribution >= 4 is 17.1 Å². The van der Waals surface area contributed by atoms with Gasteiger partial charge in [-0.3, -0.25) is 0 Å². The van der Waals surface area contributed by atoms with Gasteiger partial charge in [0.2, 0.25) is 0 Å². The van der Waals surface area contributed by atoms with E-state index in [0.29, 0.717) is 17.8 Å². The lowest BCUT2D eigenvalue weighted by atomic mass is 9.78. The molecule has 6 aromatic rings. The molecule has 0 radical (unpaired) electrons. The zero-order valence-corrected chi connectivity index (χ0v) is 35.0. The van der Waals surface area contributed by atoms with Crippen LogP contribution in [0.1, 0.15) is 156 Å². The van der Waals surface area contributed by atoms with Crippen LogP contribution in [0.2, 0.25) is 0 Å². The van der Waals surface area contributed by atoms with Crippen molar-refractivity contribution in [3.8, 4) is 33.4 Å². The van der Waals surface area contributed by atoms with Gasteiger partial charge in [-0.25, -0.2) is 0 Å². The minimum atomic E-state index is -0.0636. The lowest BCUT2D eigenvalue weighted by Crippen LogP contribution is -2.16. The van der Waals surface area contributed by atoms with E-state index in [1.54, 1.807) is 11.1 Å². The average Bonchev–Trinajstić information content (AvgIpc) is 3.53. The summed E-state index contributed by atoms with van der Waals surface area (Å²) in [5.41, 5.74) is 19.1. The van der Waals surface area contributed by atoms with Crippen molar-refractivity contribution in [1.82, 2.24) is 0 Å². The monoisotopic (exact) mass is 759 g/mol. The molecular weight excluding hydrogens is 699 g/mol. The molecule has 0 spiro atoms. The van der Waals surface area contributed by atoms with Crippen LogP contribution in [-0.2, 0) is 5.41 Å². The van der Waals surface area contributed by atoms with Crippen molar-refractivity contribution < 1.29 is 0 Å². The van der Waals surface area contributed by atoms with Crippen LogP contribution in [0, 0.1) is 0 Å². The van der Waals surface area contributed by atoms with Gasteiger partial charge in [-0.2, -0.15) is 0 Å². The summed E-state index contributed by atoms with van der Waals surface area (Å²) in [6.45, 7) is 4.78. The minimum Gasteiger partial charge on any atom is -0.310 e. The number of anilines is 3. The molecule has 1 nitrogen and oxygen atoms in total. The van der Waals surface area contributed by atoms with E-state index in [4.69, 9.17) is 0 Å². The summed E-state index contributed by atoms with van der Waals surface area (Å²) in [6.07, 6.45) is 20.4. The fraction of sp³-hybridized carbons (Fsp3) is 0.368. The van der Waals surface area contributed by atoms with Crippen molar-refractivity contribution in [1.29, 1.82) is 0 Å². The number of benzene rings is 6. The van der Waals surface area contributed by atoms with E-state index in [-0.39, 0.29) is 5.41 Å². The van der Waals surface area contributed by atoms with Crippen LogP contribution in [0.25, 0.3) is 33.4 Å². The van der Waals surface area contributed by atoms with E-state index in [1.807, 2.05) is 0 Å². The van der Waals surface area contributed by atoms with Crippen LogP contribution < -0.4 is 4.90 Å². The molecule has 58 heavy (non-hydrogen) atoms. The van der Waals surface area contributed by atoms with Crippen molar-refractivity contribution in [3.05, 3.63) is 161 Å². The Bertz CT molecular complexity index is 2340. The molecule has 3 saturated carbocycles. The molecule has 0 N–H and O–H groups in total. The number of hydrogen-bond donors (Lipinski definition) is 0. The Morgan fingerprint density at radius 3 is 1.50 bits per heavy atom. The van der Waals surface area contributed by atoms with Gasteiger partial charge in [0, 0.05) is 22.5 Å². The first-order chi connectivity index (χ1) is 28.5. The van der Waals surface area contributed by atoms with Gasteiger partial charge in [0.05, 0.1) is 0 Å². The number of fused-ring (bicyclic) bond motifs is 3. The van der Waals surface area contributed by atoms with Crippen LogP contribution in [0.3, 0.4) is 0 Å². The summed E-state index contributed by atoms with van der Waals surface area (Å²) >= 11 is 0. The summed E-state index contributed by atoms with van der Waals surface area (Å²) in [4.78, 5) is 2.50. The Kier molecular flexibility index (Phi) is 10.3. The first-order valence-corrected chi connectivity index (χ1v) is 23.0. The normalized spacial score (nSPS) is 18.4. The van der Waals surface area contributed by atoms with E-state index in [0.717, 1.165) is 0 Å². The van der Waals surface area contributed by atoms with Gasteiger partial charge in [-0.1, -0.05) is 163 Å². The second-order valence-corrected chi connectivity index (χ2v) is 18.9. The van der Waals surface area contributed by atoms with Gasteiger partial charge in [0.15, 0.2) is 0 Å². The van der Waals surface area contributed by atoms with Crippen molar-refractivity contribution in [2.24, 2.45) is 0 Å². The molecule has 294 valence electrons. The standard InChI is InChI=1S/C57H61N/c1-57(2)55-27-13-12-26-53(55)54-33-32-52(39-56(54)57)58(50-30-28-43(29-31-50)40-16-6-3-7-17-40)51-25-15-24-46(38-51)44-22-14-23-45(34-44)49-36-47(41-18-8-4-9-19-41)35-48(37-49)42-20-10-5-11-21-42/h12-15,22-42H,3-11,16-21H2,1-2H3. The summed E-state index contributed by atoms with van der Waals surface area (Å²) in [7, 11) is 0. The Labute approximate surface area is 348 Å². The maximum Gasteiger partial charge on any atom is 0.0467 e. The average molecular weight is 760 g/mol. The highest BCUT2D eigenvalue weighted by Crippen LogP contribution is 2.51. The molecule has 0 saturated heterocycles. The fourth-order valence-electron chi connectivity index (χ4n) is 11.5. The topological polar surface area (TPSA) is 3.24 Å². The van der Waals surface area contributed by atoms with Crippen molar-refractivity contribution in [3.63, 3.8) is 0 Å². The summed E-state index contributed by atoms with van der Waals surface area (Å²) < 4.78 is 0. The summed E-state index contributed by atoms with van der Waals surface area (Å²) in [5.74, 6) is 2.10. The van der Waals surface area contributed by atoms with Gasteiger partial charge in [-0.15, -0.1) is 0 Å². The summed E-state index contributed by atoms with van der Waals surface area (Å²) in [6, 6.07) is 52.2. The molecule has 0 aromatic heterocycles. The zero-order valence-electron chi connectivity index (χ0n) is 35.0. The molecule has 4 aliphatic rings. The number of rotatable bonds is 8. The maximum absolute atomic E-state index is 2.62. The predicted octanol–water partition coefficient (Wildman–Crippen LogP) is 16.9. The van der Waals surface area contributed by atoms with E-state index < -0.39 is 0 Å². The molecule has 1 heteroatoms. The zero-order chi connectivity index (χ0) is 39.1. The second-order valence-electron chi connectivity index (χ2n) is 18.9. The third-order valence-electron chi connectivity index (χ3n) is 14.8. The van der Waals surface area contributed by atoms with Crippen LogP contribution in [-0.4, -0.2) is 0 Å². The van der Waals surface area contributed by atoms with E-state index in [1.165, 1.54) is 163 Å². The highest BCUT2D eigenvalue weighted by molar-refractivity contribution is 5.86. The molecule has 0 heterocycles. The van der Waals surface area contributed by atoms with Gasteiger partial charge in [-0.05, 0) is 160 Å². The van der Waals surface area contributed by atoms with Crippen molar-refractivity contribution in [2.75, 3.05) is 4.90 Å². The second kappa shape index (κ2) is 16.1. The number of nitrogens with zero attached hydrogens (tertiary/aromatic N) is 1. The lowest BCUT2D eigenvalue weighted by Gasteiger charge is -2.29. The molecule has 3 fully saturated rings. The van der Waals surface area contributed by atoms with Crippen molar-refractivity contribution in [2.45, 2.75) is 133 Å². The molecular formula is C57H61N. The maximum atomic E-state index is 2.62. The van der Waals surface area contributed by atoms with Gasteiger partial charge < -0.3 is 4.90 Å². The van der Waals surface area contributed by atoms with Gasteiger partial charge >= 0.3 is 0 Å². The molecule has 10 rings (SSSR count). The number of hydrogen-bond acceptors (Lipinski definition) is 1. The van der Waals surface area contributed by atoms with E-state index >= 15 is 0 Å². The third-order valence-corrected chi connectivity index (χ3v) is 14.8. The van der Waals surface area contributed by atoms with Crippen LogP contribution >= 0.6 is 0 Å². The third kappa shape index (κ3) is 7.25. The minimum absolute atomic E-state index is 0.0636. The van der Waals surface area contributed by atoms with E-state index in [9.17, 15) is 0 Å². The molecule has 4 aliphatic carbocycles. The Morgan fingerprint density at radius 1 is 0.362 bits per heavy atom. The quantitative estimate of drug-likeness (QED) is 0.149. The van der Waals surface area contributed by atoms with E-state index in [2.05, 4.69) is 152 Å². The predicted molar refractivity (Wildman–Crippen MR) is 247 cm³/mol. The molecule has 0 atom stereocenters. The Morgan fingerprint density at radius 2 is 0.862 bits per heavy atom. The first kappa shape index (κ1) is 37.4. The molecule has 0 aliphatic heterocycles. The highest BCUT2D eigenvalue weighted by atomic mass is 15.1. The molecule has 0 unspecified atom stereocenters. The van der Waals surface area contributed by atoms with Gasteiger partial charge in [0.1, 0.15) is 0 Å². The molecule has 6 aromatic carbocycles. The molecule has 0 bridgehead atoms. The first-order valence-electron chi connectivity index (χ1n) is 23.0. The largest absolute Gasteiger partial charge is 0.310 e. The lowest BCUT2D eigenvalue weighted by molar-refractivity contribution is 0.435. The highest BCUT2D eigenvalue weighted by Gasteiger charge is 2.36. The Hall–Kier alpha value is -4.88. The fourth-order valence-corrected chi connectivity index (χ4v) is 11.5. The van der Waals surface area contributed by atoms with Gasteiger partial charge in [0.25, 0.3) is 0 Å². The SMILES string of the molecule is CC1(C)c2ccccc2-c2ccc(N(c3ccc(C4CCCCC4)cc3)c3cccc(-c4cccc(-c5cc(C6CCCCC6)cc(C6CCCCC6)c5)c4)c3)cc21. The van der Waals surface area contributed by atoms with Crippen LogP contribution in [0.4, 0.5) is 17.1 Å². The molecule has 0 amide bonds. The Balaban J connectivity index is 1.04. The van der Waals surface area contributed by atoms with Crippen LogP contribution in [0.15, 0.2) is 133 Å². The summed E-state index contributed by atoms with van der Waals surface area (Å²) in [5, 5.41) is 0. The van der Waals surface area contributed by atoms with Crippen LogP contribution in [0.5, 0.6) is 0 Å². The smallest absolute Gasteiger partial charge is 0.0467 e.